The van der Waals surface area contributed by atoms with Crippen LogP contribution in [0.4, 0.5) is 10.1 Å². The third-order valence-electron chi connectivity index (χ3n) is 6.15. The van der Waals surface area contributed by atoms with Gasteiger partial charge in [-0.25, -0.2) is 9.37 Å². The van der Waals surface area contributed by atoms with Crippen molar-refractivity contribution < 1.29 is 18.8 Å². The van der Waals surface area contributed by atoms with Crippen molar-refractivity contribution in [1.82, 2.24) is 20.1 Å². The van der Waals surface area contributed by atoms with E-state index in [1.807, 2.05) is 5.38 Å². The number of anilines is 1. The number of nitrogens with zero attached hydrogens (tertiary/aromatic N) is 4. The van der Waals surface area contributed by atoms with Crippen molar-refractivity contribution in [2.24, 2.45) is 0 Å². The summed E-state index contributed by atoms with van der Waals surface area (Å²) in [6.45, 7) is 4.11. The van der Waals surface area contributed by atoms with Crippen molar-refractivity contribution in [3.05, 3.63) is 45.7 Å². The van der Waals surface area contributed by atoms with E-state index in [0.29, 0.717) is 24.3 Å². The van der Waals surface area contributed by atoms with Gasteiger partial charge in [-0.3, -0.25) is 24.6 Å². The zero-order valence-electron chi connectivity index (χ0n) is 16.8. The van der Waals surface area contributed by atoms with E-state index in [2.05, 4.69) is 20.1 Å². The average molecular weight is 444 g/mol. The molecule has 162 valence electrons. The Balaban J connectivity index is 1.34. The SMILES string of the molecule is O=C1CCC(N2Cc3c(cc(F)cc3N3CCN(Cc4nccs4)CC3)C2=O)C(=O)N1. The van der Waals surface area contributed by atoms with Crippen molar-refractivity contribution in [3.63, 3.8) is 0 Å². The van der Waals surface area contributed by atoms with Gasteiger partial charge in [0.25, 0.3) is 5.91 Å². The number of piperazine rings is 1. The van der Waals surface area contributed by atoms with Crippen molar-refractivity contribution >= 4 is 34.7 Å². The van der Waals surface area contributed by atoms with E-state index in [1.165, 1.54) is 17.0 Å². The van der Waals surface area contributed by atoms with Crippen molar-refractivity contribution in [2.45, 2.75) is 32.0 Å². The minimum atomic E-state index is -0.705. The Kier molecular flexibility index (Phi) is 5.19. The smallest absolute Gasteiger partial charge is 0.255 e. The van der Waals surface area contributed by atoms with E-state index in [1.54, 1.807) is 17.5 Å². The molecule has 1 atom stereocenters. The monoisotopic (exact) mass is 443 g/mol. The van der Waals surface area contributed by atoms with E-state index in [0.717, 1.165) is 30.2 Å². The molecule has 10 heteroatoms. The molecule has 4 heterocycles. The van der Waals surface area contributed by atoms with Crippen molar-refractivity contribution in [1.29, 1.82) is 0 Å². The highest BCUT2D eigenvalue weighted by atomic mass is 32.1. The van der Waals surface area contributed by atoms with Crippen LogP contribution in [-0.2, 0) is 22.7 Å². The Morgan fingerprint density at radius 1 is 1.16 bits per heavy atom. The molecular weight excluding hydrogens is 421 g/mol. The summed E-state index contributed by atoms with van der Waals surface area (Å²) >= 11 is 1.63. The van der Waals surface area contributed by atoms with Crippen molar-refractivity contribution in [2.75, 3.05) is 31.1 Å². The lowest BCUT2D eigenvalue weighted by atomic mass is 10.0. The van der Waals surface area contributed by atoms with Crippen LogP contribution in [0, 0.1) is 5.82 Å². The van der Waals surface area contributed by atoms with Crippen LogP contribution in [0.3, 0.4) is 0 Å². The maximum Gasteiger partial charge on any atom is 0.255 e. The van der Waals surface area contributed by atoms with Gasteiger partial charge in [0.1, 0.15) is 16.9 Å². The minimum absolute atomic E-state index is 0.193. The molecule has 1 unspecified atom stereocenters. The van der Waals surface area contributed by atoms with Gasteiger partial charge in [0, 0.05) is 67.5 Å². The first-order chi connectivity index (χ1) is 15.0. The summed E-state index contributed by atoms with van der Waals surface area (Å²) in [5.74, 6) is -1.60. The highest BCUT2D eigenvalue weighted by Crippen LogP contribution is 2.35. The normalized spacial score (nSPS) is 22.1. The number of amides is 3. The van der Waals surface area contributed by atoms with Crippen LogP contribution in [-0.4, -0.2) is 64.7 Å². The second-order valence-corrected chi connectivity index (χ2v) is 9.02. The first-order valence-corrected chi connectivity index (χ1v) is 11.2. The molecule has 31 heavy (non-hydrogen) atoms. The lowest BCUT2D eigenvalue weighted by molar-refractivity contribution is -0.136. The van der Waals surface area contributed by atoms with Gasteiger partial charge < -0.3 is 9.80 Å². The topological polar surface area (TPSA) is 85.9 Å². The number of benzene rings is 1. The number of fused-ring (bicyclic) bond motifs is 1. The number of rotatable bonds is 4. The van der Waals surface area contributed by atoms with Gasteiger partial charge in [-0.05, 0) is 18.6 Å². The number of thiazole rings is 1. The third kappa shape index (κ3) is 3.81. The zero-order chi connectivity index (χ0) is 21.5. The number of hydrogen-bond acceptors (Lipinski definition) is 7. The van der Waals surface area contributed by atoms with Crippen LogP contribution in [0.15, 0.2) is 23.7 Å². The number of halogens is 1. The number of hydrogen-bond donors (Lipinski definition) is 1. The number of nitrogens with one attached hydrogen (secondary N) is 1. The highest BCUT2D eigenvalue weighted by Gasteiger charge is 2.41. The molecule has 2 saturated heterocycles. The van der Waals surface area contributed by atoms with Gasteiger partial charge in [-0.15, -0.1) is 11.3 Å². The summed E-state index contributed by atoms with van der Waals surface area (Å²) in [6.07, 6.45) is 2.29. The fourth-order valence-corrected chi connectivity index (χ4v) is 5.22. The fourth-order valence-electron chi connectivity index (χ4n) is 4.56. The largest absolute Gasteiger partial charge is 0.369 e. The maximum atomic E-state index is 14.4. The summed E-state index contributed by atoms with van der Waals surface area (Å²) in [5.41, 5.74) is 1.78. The molecule has 0 bridgehead atoms. The number of imide groups is 1. The van der Waals surface area contributed by atoms with E-state index >= 15 is 0 Å². The van der Waals surface area contributed by atoms with E-state index < -0.39 is 17.8 Å². The molecule has 3 amide bonds. The second kappa shape index (κ2) is 8.01. The Morgan fingerprint density at radius 2 is 1.97 bits per heavy atom. The second-order valence-electron chi connectivity index (χ2n) is 8.04. The molecule has 0 aliphatic carbocycles. The molecule has 0 spiro atoms. The number of carbonyl (C=O) groups is 3. The van der Waals surface area contributed by atoms with Crippen molar-refractivity contribution in [3.8, 4) is 0 Å². The predicted octanol–water partition coefficient (Wildman–Crippen LogP) is 1.37. The molecule has 0 saturated carbocycles. The molecule has 5 rings (SSSR count). The Labute approximate surface area is 182 Å². The Bertz CT molecular complexity index is 1040. The van der Waals surface area contributed by atoms with Gasteiger partial charge in [-0.1, -0.05) is 0 Å². The molecule has 1 N–H and O–H groups in total. The van der Waals surface area contributed by atoms with Gasteiger partial charge in [0.15, 0.2) is 0 Å². The number of piperidine rings is 1. The lowest BCUT2D eigenvalue weighted by Crippen LogP contribution is -2.52. The van der Waals surface area contributed by atoms with Gasteiger partial charge in [-0.2, -0.15) is 0 Å². The summed E-state index contributed by atoms with van der Waals surface area (Å²) in [6, 6.07) is 2.03. The average Bonchev–Trinajstić information content (AvgIpc) is 3.37. The molecule has 1 aromatic heterocycles. The number of aromatic nitrogens is 1. The molecule has 3 aliphatic rings. The summed E-state index contributed by atoms with van der Waals surface area (Å²) < 4.78 is 14.4. The predicted molar refractivity (Wildman–Crippen MR) is 112 cm³/mol. The van der Waals surface area contributed by atoms with E-state index in [4.69, 9.17) is 0 Å². The van der Waals surface area contributed by atoms with Gasteiger partial charge in [0.2, 0.25) is 11.8 Å². The van der Waals surface area contributed by atoms with Gasteiger partial charge in [0.05, 0.1) is 6.54 Å². The summed E-state index contributed by atoms with van der Waals surface area (Å²) in [7, 11) is 0. The molecule has 2 aromatic rings. The summed E-state index contributed by atoms with van der Waals surface area (Å²) in [5, 5.41) is 5.34. The molecule has 1 aromatic carbocycles. The Hall–Kier alpha value is -2.85. The highest BCUT2D eigenvalue weighted by molar-refractivity contribution is 7.09. The van der Waals surface area contributed by atoms with Crippen LogP contribution in [0.5, 0.6) is 0 Å². The molecular formula is C21H22FN5O3S. The summed E-state index contributed by atoms with van der Waals surface area (Å²) in [4.78, 5) is 47.0. The van der Waals surface area contributed by atoms with Crippen LogP contribution < -0.4 is 10.2 Å². The van der Waals surface area contributed by atoms with Crippen LogP contribution >= 0.6 is 11.3 Å². The first kappa shape index (κ1) is 20.1. The lowest BCUT2D eigenvalue weighted by Gasteiger charge is -2.36. The fraction of sp³-hybridized carbons (Fsp3) is 0.429. The van der Waals surface area contributed by atoms with Crippen LogP contribution in [0.2, 0.25) is 0 Å². The minimum Gasteiger partial charge on any atom is -0.369 e. The molecule has 8 nitrogen and oxygen atoms in total. The van der Waals surface area contributed by atoms with Crippen LogP contribution in [0.25, 0.3) is 0 Å². The first-order valence-electron chi connectivity index (χ1n) is 10.3. The standard InChI is InChI=1S/C21H22FN5O3S/c22-13-9-14-15(11-27(21(14)30)16-1-2-18(28)24-20(16)29)17(10-13)26-6-4-25(5-7-26)12-19-23-3-8-31-19/h3,8-10,16H,1-2,4-7,11-12H2,(H,24,28,29). The van der Waals surface area contributed by atoms with E-state index in [9.17, 15) is 18.8 Å². The van der Waals surface area contributed by atoms with Gasteiger partial charge >= 0.3 is 0 Å². The Morgan fingerprint density at radius 3 is 2.68 bits per heavy atom. The van der Waals surface area contributed by atoms with E-state index in [-0.39, 0.29) is 31.2 Å². The zero-order valence-corrected chi connectivity index (χ0v) is 17.7. The number of carbonyl (C=O) groups excluding carboxylic acids is 3. The quantitative estimate of drug-likeness (QED) is 0.719. The molecule has 0 radical (unpaired) electrons. The third-order valence-corrected chi connectivity index (χ3v) is 6.92. The maximum absolute atomic E-state index is 14.4. The molecule has 3 aliphatic heterocycles. The van der Waals surface area contributed by atoms with Crippen LogP contribution in [0.1, 0.15) is 33.8 Å². The molecule has 2 fully saturated rings.